The molecule has 31 heavy (non-hydrogen) atoms. The Kier molecular flexibility index (Phi) is 10.4. The zero-order valence-corrected chi connectivity index (χ0v) is 19.7. The molecule has 2 N–H and O–H groups in total. The van der Waals surface area contributed by atoms with Crippen molar-refractivity contribution in [3.05, 3.63) is 81.9 Å². The Morgan fingerprint density at radius 3 is 2.39 bits per heavy atom. The minimum atomic E-state index is -0.399. The molecule has 0 amide bonds. The molecule has 0 bridgehead atoms. The Morgan fingerprint density at radius 1 is 1.10 bits per heavy atom. The number of halogens is 2. The predicted molar refractivity (Wildman–Crippen MR) is 132 cm³/mol. The summed E-state index contributed by atoms with van der Waals surface area (Å²) in [4.78, 5) is 4.03. The Balaban J connectivity index is 2.06. The second-order valence-electron chi connectivity index (χ2n) is 7.92. The molecule has 0 aliphatic heterocycles. The molecule has 2 aromatic carbocycles. The van der Waals surface area contributed by atoms with Crippen LogP contribution in [0.15, 0.2) is 53.3 Å². The van der Waals surface area contributed by atoms with Crippen LogP contribution in [-0.4, -0.2) is 25.1 Å². The van der Waals surface area contributed by atoms with Crippen LogP contribution >= 0.6 is 12.6 Å². The molecule has 0 aliphatic carbocycles. The molecule has 0 fully saturated rings. The van der Waals surface area contributed by atoms with E-state index in [0.29, 0.717) is 30.0 Å². The zero-order valence-electron chi connectivity index (χ0n) is 18.8. The van der Waals surface area contributed by atoms with Crippen LogP contribution in [0.3, 0.4) is 0 Å². The van der Waals surface area contributed by atoms with Gasteiger partial charge >= 0.3 is 0 Å². The van der Waals surface area contributed by atoms with E-state index in [0.717, 1.165) is 31.4 Å². The molecule has 0 saturated heterocycles. The topological polar surface area (TPSA) is 38.4 Å². The van der Waals surface area contributed by atoms with Crippen LogP contribution in [0.5, 0.6) is 0 Å². The van der Waals surface area contributed by atoms with Crippen molar-refractivity contribution in [3.63, 3.8) is 0 Å². The third-order valence-electron chi connectivity index (χ3n) is 5.58. The fraction of sp³-hybridized carbons (Fsp3) is 0.423. The molecule has 0 spiro atoms. The van der Waals surface area contributed by atoms with Crippen LogP contribution in [0, 0.1) is 5.82 Å². The highest BCUT2D eigenvalue weighted by atomic mass is 32.1. The number of hydrogen-bond acceptors (Lipinski definition) is 3. The van der Waals surface area contributed by atoms with Gasteiger partial charge in [0.1, 0.15) is 11.6 Å². The molecule has 168 valence electrons. The monoisotopic (exact) mass is 444 g/mol. The molecule has 0 heterocycles. The van der Waals surface area contributed by atoms with E-state index in [1.807, 2.05) is 0 Å². The molecule has 0 radical (unpaired) electrons. The second kappa shape index (κ2) is 12.8. The largest absolute Gasteiger partial charge is 0.330 e. The number of unbranched alkanes of at least 4 members (excludes halogenated alkanes) is 1. The maximum absolute atomic E-state index is 14.3. The summed E-state index contributed by atoms with van der Waals surface area (Å²) < 4.78 is 28.4. The molecule has 1 unspecified atom stereocenters. The molecule has 2 aromatic rings. The Hall–Kier alpha value is -1.98. The van der Waals surface area contributed by atoms with Crippen LogP contribution in [0.1, 0.15) is 60.4 Å². The van der Waals surface area contributed by atoms with Crippen LogP contribution in [-0.2, 0) is 19.3 Å². The molecule has 0 saturated carbocycles. The lowest BCUT2D eigenvalue weighted by molar-refractivity contribution is 0.599. The first-order chi connectivity index (χ1) is 14.9. The third-order valence-corrected chi connectivity index (χ3v) is 5.81. The van der Waals surface area contributed by atoms with Crippen molar-refractivity contribution in [3.8, 4) is 0 Å². The summed E-state index contributed by atoms with van der Waals surface area (Å²) in [6, 6.07) is 11.4. The maximum atomic E-state index is 14.3. The number of rotatable bonds is 11. The van der Waals surface area contributed by atoms with Crippen molar-refractivity contribution < 1.29 is 8.78 Å². The van der Waals surface area contributed by atoms with E-state index >= 15 is 0 Å². The fourth-order valence-electron chi connectivity index (χ4n) is 3.70. The van der Waals surface area contributed by atoms with Gasteiger partial charge in [0.2, 0.25) is 0 Å². The molecule has 2 rings (SSSR count). The molecular weight excluding hydrogens is 410 g/mol. The molecular formula is C26H34F2N2S. The van der Waals surface area contributed by atoms with E-state index in [-0.39, 0.29) is 11.5 Å². The number of nitrogens with zero attached hydrogens (tertiary/aromatic N) is 1. The van der Waals surface area contributed by atoms with Gasteiger partial charge in [0.15, 0.2) is 0 Å². The Bertz CT molecular complexity index is 922. The predicted octanol–water partition coefficient (Wildman–Crippen LogP) is 6.22. The Morgan fingerprint density at radius 2 is 1.77 bits per heavy atom. The van der Waals surface area contributed by atoms with Crippen molar-refractivity contribution in [1.82, 2.24) is 0 Å². The molecule has 0 aliphatic rings. The maximum Gasteiger partial charge on any atom is 0.144 e. The van der Waals surface area contributed by atoms with Crippen LogP contribution in [0.25, 0.3) is 0 Å². The van der Waals surface area contributed by atoms with Crippen LogP contribution < -0.4 is 5.73 Å². The summed E-state index contributed by atoms with van der Waals surface area (Å²) in [5.74, 6) is 0.480. The standard InChI is InChI=1S/C26H34F2N2S/c1-4-24(27)26(30-3)22-9-10-25(28)21(16-22)8-6-5-7-19-13-20(11-12-31)15-23(14-19)18(2)17-29/h4,9-10,13-16,18,31H,5-8,11-12,17,29H2,1-3H3/b24-4+,30-26?. The minimum absolute atomic E-state index is 0.255. The number of thiol groups is 1. The quantitative estimate of drug-likeness (QED) is 0.241. The van der Waals surface area contributed by atoms with Crippen LogP contribution in [0.4, 0.5) is 8.78 Å². The summed E-state index contributed by atoms with van der Waals surface area (Å²) in [7, 11) is 1.54. The summed E-state index contributed by atoms with van der Waals surface area (Å²) in [5, 5.41) is 0. The van der Waals surface area contributed by atoms with Crippen molar-refractivity contribution in [2.75, 3.05) is 19.3 Å². The fourth-order valence-corrected chi connectivity index (χ4v) is 3.96. The molecule has 2 nitrogen and oxygen atoms in total. The number of hydrogen-bond donors (Lipinski definition) is 2. The van der Waals surface area contributed by atoms with Gasteiger partial charge in [-0.05, 0) is 104 Å². The van der Waals surface area contributed by atoms with E-state index in [2.05, 4.69) is 42.7 Å². The van der Waals surface area contributed by atoms with Crippen molar-refractivity contribution >= 4 is 18.3 Å². The van der Waals surface area contributed by atoms with Gasteiger partial charge < -0.3 is 5.73 Å². The van der Waals surface area contributed by atoms with E-state index in [1.165, 1.54) is 28.8 Å². The minimum Gasteiger partial charge on any atom is -0.330 e. The van der Waals surface area contributed by atoms with Gasteiger partial charge in [0, 0.05) is 12.6 Å². The van der Waals surface area contributed by atoms with Gasteiger partial charge in [0.05, 0.1) is 5.71 Å². The van der Waals surface area contributed by atoms with Crippen molar-refractivity contribution in [2.45, 2.75) is 51.9 Å². The van der Waals surface area contributed by atoms with Crippen molar-refractivity contribution in [2.24, 2.45) is 10.7 Å². The van der Waals surface area contributed by atoms with Gasteiger partial charge in [0.25, 0.3) is 0 Å². The first-order valence-corrected chi connectivity index (χ1v) is 11.6. The number of aryl methyl sites for hydroxylation is 3. The Labute approximate surface area is 191 Å². The van der Waals surface area contributed by atoms with Gasteiger partial charge in [-0.3, -0.25) is 4.99 Å². The second-order valence-corrected chi connectivity index (χ2v) is 8.36. The van der Waals surface area contributed by atoms with E-state index in [4.69, 9.17) is 5.73 Å². The van der Waals surface area contributed by atoms with E-state index in [1.54, 1.807) is 26.1 Å². The van der Waals surface area contributed by atoms with Crippen LogP contribution in [0.2, 0.25) is 0 Å². The molecule has 1 atom stereocenters. The summed E-state index contributed by atoms with van der Waals surface area (Å²) in [6.07, 6.45) is 5.64. The van der Waals surface area contributed by atoms with Crippen molar-refractivity contribution in [1.29, 1.82) is 0 Å². The van der Waals surface area contributed by atoms with E-state index < -0.39 is 5.83 Å². The summed E-state index contributed by atoms with van der Waals surface area (Å²) >= 11 is 4.36. The SMILES string of the molecule is C/C=C(/F)C(=NC)c1ccc(F)c(CCCCc2cc(CCS)cc(C(C)CN)c2)c1. The highest BCUT2D eigenvalue weighted by Crippen LogP contribution is 2.22. The lowest BCUT2D eigenvalue weighted by Crippen LogP contribution is -2.10. The lowest BCUT2D eigenvalue weighted by atomic mass is 9.93. The average molecular weight is 445 g/mol. The van der Waals surface area contributed by atoms with Gasteiger partial charge in [-0.15, -0.1) is 0 Å². The number of aliphatic imine (C=N–C) groups is 1. The highest BCUT2D eigenvalue weighted by molar-refractivity contribution is 7.80. The first-order valence-electron chi connectivity index (χ1n) is 10.9. The van der Waals surface area contributed by atoms with E-state index in [9.17, 15) is 8.78 Å². The molecule has 0 aromatic heterocycles. The van der Waals surface area contributed by atoms with Gasteiger partial charge in [-0.1, -0.05) is 25.1 Å². The molecule has 5 heteroatoms. The lowest BCUT2D eigenvalue weighted by Gasteiger charge is -2.14. The summed E-state index contributed by atoms with van der Waals surface area (Å²) in [6.45, 7) is 4.38. The normalized spacial score (nSPS) is 13.5. The number of allylic oxidation sites excluding steroid dienone is 2. The third kappa shape index (κ3) is 7.29. The highest BCUT2D eigenvalue weighted by Gasteiger charge is 2.12. The average Bonchev–Trinajstić information content (AvgIpc) is 2.78. The summed E-state index contributed by atoms with van der Waals surface area (Å²) in [5.41, 5.74) is 11.2. The van der Waals surface area contributed by atoms with Gasteiger partial charge in [-0.25, -0.2) is 8.78 Å². The smallest absolute Gasteiger partial charge is 0.144 e. The number of benzene rings is 2. The van der Waals surface area contributed by atoms with Gasteiger partial charge in [-0.2, -0.15) is 12.6 Å². The first kappa shape index (κ1) is 25.3. The zero-order chi connectivity index (χ0) is 22.8. The number of nitrogens with two attached hydrogens (primary N) is 1.